The van der Waals surface area contributed by atoms with Gasteiger partial charge in [-0.1, -0.05) is 33.6 Å². The molecule has 1 nitrogen and oxygen atoms in total. The number of unbranched alkanes of at least 4 members (excludes halogenated alkanes) is 3. The molecule has 7 heteroatoms. The highest BCUT2D eigenvalue weighted by atomic mass is 28.4. The van der Waals surface area contributed by atoms with Crippen LogP contribution < -0.4 is 0 Å². The summed E-state index contributed by atoms with van der Waals surface area (Å²) in [5.41, 5.74) is 0. The van der Waals surface area contributed by atoms with Crippen LogP contribution in [0, 0.1) is 0 Å². The minimum absolute atomic E-state index is 0.113. The van der Waals surface area contributed by atoms with Gasteiger partial charge in [-0.15, -0.1) is 0 Å². The number of halogens is 5. The summed E-state index contributed by atoms with van der Waals surface area (Å²) in [7, 11) is -1.80. The molecule has 0 aromatic carbocycles. The van der Waals surface area contributed by atoms with Crippen LogP contribution in [0.3, 0.4) is 0 Å². The Labute approximate surface area is 125 Å². The van der Waals surface area contributed by atoms with Gasteiger partial charge < -0.3 is 4.43 Å². The molecule has 0 aromatic heterocycles. The van der Waals surface area contributed by atoms with Gasteiger partial charge in [-0.25, -0.2) is 0 Å². The van der Waals surface area contributed by atoms with Gasteiger partial charge in [-0.3, -0.25) is 0 Å². The van der Waals surface area contributed by atoms with E-state index in [1.807, 2.05) is 0 Å². The summed E-state index contributed by atoms with van der Waals surface area (Å²) >= 11 is 0. The van der Waals surface area contributed by atoms with Crippen molar-refractivity contribution < 1.29 is 26.4 Å². The van der Waals surface area contributed by atoms with Crippen LogP contribution in [-0.2, 0) is 4.43 Å². The van der Waals surface area contributed by atoms with Crippen molar-refractivity contribution in [3.05, 3.63) is 0 Å². The number of rotatable bonds is 8. The molecule has 0 aromatic rings. The molecule has 0 heterocycles. The Morgan fingerprint density at radius 3 is 1.71 bits per heavy atom. The summed E-state index contributed by atoms with van der Waals surface area (Å²) in [4.78, 5) is 0. The molecule has 128 valence electrons. The quantitative estimate of drug-likeness (QED) is 0.293. The van der Waals surface area contributed by atoms with Gasteiger partial charge in [0.05, 0.1) is 0 Å². The largest absolute Gasteiger partial charge is 0.453 e. The van der Waals surface area contributed by atoms with E-state index < -0.39 is 26.8 Å². The van der Waals surface area contributed by atoms with Gasteiger partial charge in [0.25, 0.3) is 0 Å². The summed E-state index contributed by atoms with van der Waals surface area (Å²) < 4.78 is 67.0. The van der Waals surface area contributed by atoms with E-state index in [0.717, 1.165) is 0 Å². The molecule has 21 heavy (non-hydrogen) atoms. The van der Waals surface area contributed by atoms with Crippen LogP contribution in [0.4, 0.5) is 22.0 Å². The maximum atomic E-state index is 12.6. The molecule has 0 aliphatic rings. The van der Waals surface area contributed by atoms with Crippen LogP contribution in [0.2, 0.25) is 18.1 Å². The Kier molecular flexibility index (Phi) is 7.33. The summed E-state index contributed by atoms with van der Waals surface area (Å²) in [5.74, 6) is -4.56. The van der Waals surface area contributed by atoms with E-state index in [0.29, 0.717) is 25.9 Å². The standard InChI is InChI=1S/C14H27F5OSi/c1-12(2,3)21(4,5)20-11-9-7-6-8-10-13(15,16)14(17,18)19/h6-11H2,1-5H3. The third-order valence-electron chi connectivity index (χ3n) is 4.07. The zero-order valence-corrected chi connectivity index (χ0v) is 14.5. The van der Waals surface area contributed by atoms with Crippen LogP contribution in [0.1, 0.15) is 52.9 Å². The van der Waals surface area contributed by atoms with E-state index in [9.17, 15) is 22.0 Å². The second-order valence-corrected chi connectivity index (χ2v) is 11.8. The van der Waals surface area contributed by atoms with Gasteiger partial charge in [0.1, 0.15) is 0 Å². The summed E-state index contributed by atoms with van der Waals surface area (Å²) in [6.45, 7) is 11.2. The molecule has 0 fully saturated rings. The lowest BCUT2D eigenvalue weighted by atomic mass is 10.1. The van der Waals surface area contributed by atoms with Gasteiger partial charge in [-0.2, -0.15) is 22.0 Å². The maximum absolute atomic E-state index is 12.6. The van der Waals surface area contributed by atoms with Crippen LogP contribution >= 0.6 is 0 Å². The van der Waals surface area contributed by atoms with Crippen molar-refractivity contribution in [3.63, 3.8) is 0 Å². The third-order valence-corrected chi connectivity index (χ3v) is 8.61. The molecule has 0 atom stereocenters. The van der Waals surface area contributed by atoms with Crippen molar-refractivity contribution in [1.29, 1.82) is 0 Å². The van der Waals surface area contributed by atoms with Crippen molar-refractivity contribution in [3.8, 4) is 0 Å². The highest BCUT2D eigenvalue weighted by Crippen LogP contribution is 2.39. The number of hydrogen-bond acceptors (Lipinski definition) is 1. The van der Waals surface area contributed by atoms with Crippen molar-refractivity contribution in [2.75, 3.05) is 6.61 Å². The third kappa shape index (κ3) is 7.08. The van der Waals surface area contributed by atoms with Gasteiger partial charge >= 0.3 is 12.1 Å². The van der Waals surface area contributed by atoms with E-state index >= 15 is 0 Å². The highest BCUT2D eigenvalue weighted by Gasteiger charge is 2.56. The van der Waals surface area contributed by atoms with E-state index in [-0.39, 0.29) is 11.5 Å². The monoisotopic (exact) mass is 334 g/mol. The maximum Gasteiger partial charge on any atom is 0.453 e. The Morgan fingerprint density at radius 1 is 0.810 bits per heavy atom. The first-order valence-electron chi connectivity index (χ1n) is 7.29. The lowest BCUT2D eigenvalue weighted by molar-refractivity contribution is -0.284. The molecule has 0 unspecified atom stereocenters. The molecule has 0 bridgehead atoms. The predicted octanol–water partition coefficient (Wildman–Crippen LogP) is 6.16. The smallest absolute Gasteiger partial charge is 0.417 e. The Hall–Kier alpha value is -0.173. The lowest BCUT2D eigenvalue weighted by Crippen LogP contribution is -2.40. The first-order valence-corrected chi connectivity index (χ1v) is 10.2. The second-order valence-electron chi connectivity index (χ2n) is 6.98. The van der Waals surface area contributed by atoms with Crippen LogP contribution in [0.25, 0.3) is 0 Å². The van der Waals surface area contributed by atoms with Crippen LogP contribution in [0.5, 0.6) is 0 Å². The van der Waals surface area contributed by atoms with E-state index in [2.05, 4.69) is 33.9 Å². The van der Waals surface area contributed by atoms with Gasteiger partial charge in [-0.05, 0) is 31.0 Å². The van der Waals surface area contributed by atoms with Crippen molar-refractivity contribution in [2.24, 2.45) is 0 Å². The SMILES string of the molecule is CC(C)(C)[Si](C)(C)OCCCCCCC(F)(F)C(F)(F)F. The molecular weight excluding hydrogens is 307 g/mol. The van der Waals surface area contributed by atoms with Gasteiger partial charge in [0, 0.05) is 13.0 Å². The Balaban J connectivity index is 3.81. The minimum atomic E-state index is -5.43. The van der Waals surface area contributed by atoms with Crippen molar-refractivity contribution >= 4 is 8.32 Å². The van der Waals surface area contributed by atoms with Gasteiger partial charge in [0.15, 0.2) is 8.32 Å². The van der Waals surface area contributed by atoms with Crippen molar-refractivity contribution in [1.82, 2.24) is 0 Å². The van der Waals surface area contributed by atoms with E-state index in [1.165, 1.54) is 0 Å². The molecule has 0 saturated heterocycles. The zero-order valence-electron chi connectivity index (χ0n) is 13.5. The fourth-order valence-corrected chi connectivity index (χ4v) is 2.58. The lowest BCUT2D eigenvalue weighted by Gasteiger charge is -2.36. The summed E-state index contributed by atoms with van der Waals surface area (Å²) in [6.07, 6.45) is -5.00. The molecule has 0 rings (SSSR count). The molecule has 0 spiro atoms. The average molecular weight is 334 g/mol. The molecular formula is C14H27F5OSi. The minimum Gasteiger partial charge on any atom is -0.417 e. The van der Waals surface area contributed by atoms with Crippen LogP contribution in [-0.4, -0.2) is 27.0 Å². The topological polar surface area (TPSA) is 9.23 Å². The molecule has 0 amide bonds. The first kappa shape index (κ1) is 20.8. The van der Waals surface area contributed by atoms with Crippen LogP contribution in [0.15, 0.2) is 0 Å². The molecule has 0 saturated carbocycles. The van der Waals surface area contributed by atoms with E-state index in [4.69, 9.17) is 4.43 Å². The fraction of sp³-hybridized carbons (Fsp3) is 1.00. The molecule has 0 N–H and O–H groups in total. The second kappa shape index (κ2) is 7.40. The normalized spacial score (nSPS) is 14.6. The zero-order chi connectivity index (χ0) is 16.9. The highest BCUT2D eigenvalue weighted by molar-refractivity contribution is 6.74. The number of hydrogen-bond donors (Lipinski definition) is 0. The Bertz CT molecular complexity index is 277. The summed E-state index contributed by atoms with van der Waals surface area (Å²) in [6, 6.07) is 0. The molecule has 0 radical (unpaired) electrons. The fourth-order valence-electron chi connectivity index (χ4n) is 1.49. The molecule has 0 aliphatic carbocycles. The predicted molar refractivity (Wildman–Crippen MR) is 77.2 cm³/mol. The van der Waals surface area contributed by atoms with E-state index in [1.54, 1.807) is 0 Å². The average Bonchev–Trinajstić information content (AvgIpc) is 2.24. The molecule has 0 aliphatic heterocycles. The van der Waals surface area contributed by atoms with Crippen molar-refractivity contribution in [2.45, 2.75) is 83.1 Å². The Morgan fingerprint density at radius 2 is 1.29 bits per heavy atom. The van der Waals surface area contributed by atoms with Gasteiger partial charge in [0.2, 0.25) is 0 Å². The first-order chi connectivity index (χ1) is 9.21. The summed E-state index contributed by atoms with van der Waals surface area (Å²) in [5, 5.41) is 0.113. The number of alkyl halides is 5.